The first-order chi connectivity index (χ1) is 14.1. The molecule has 0 amide bonds. The lowest BCUT2D eigenvalue weighted by atomic mass is 10.1. The fourth-order valence-electron chi connectivity index (χ4n) is 3.23. The van der Waals surface area contributed by atoms with Crippen LogP contribution in [0.2, 0.25) is 0 Å². The Morgan fingerprint density at radius 2 is 2.00 bits per heavy atom. The number of hydrogen-bond donors (Lipinski definition) is 0. The molecule has 1 aromatic carbocycles. The van der Waals surface area contributed by atoms with Crippen molar-refractivity contribution in [2.75, 3.05) is 0 Å². The number of ether oxygens (including phenoxy) is 1. The van der Waals surface area contributed by atoms with Crippen LogP contribution < -0.4 is 0 Å². The summed E-state index contributed by atoms with van der Waals surface area (Å²) in [6.07, 6.45) is 1.40. The van der Waals surface area contributed by atoms with Crippen LogP contribution in [-0.4, -0.2) is 26.3 Å². The van der Waals surface area contributed by atoms with E-state index in [0.717, 1.165) is 24.1 Å². The van der Waals surface area contributed by atoms with Gasteiger partial charge in [0.2, 0.25) is 5.89 Å². The monoisotopic (exact) mass is 390 g/mol. The van der Waals surface area contributed by atoms with E-state index in [4.69, 9.17) is 13.7 Å². The van der Waals surface area contributed by atoms with E-state index in [1.54, 1.807) is 19.9 Å². The number of aromatic nitrogens is 4. The molecule has 1 aliphatic carbocycles. The molecule has 146 valence electrons. The molecule has 5 rings (SSSR count). The summed E-state index contributed by atoms with van der Waals surface area (Å²) in [6, 6.07) is 11.2. The molecule has 8 heteroatoms. The highest BCUT2D eigenvalue weighted by molar-refractivity contribution is 6.03. The van der Waals surface area contributed by atoms with Crippen LogP contribution >= 0.6 is 0 Å². The third-order valence-electron chi connectivity index (χ3n) is 4.95. The average Bonchev–Trinajstić information content (AvgIpc) is 3.35. The standard InChI is InChI=1S/C21H18N4O4/c1-11-17-15(10-16(13-8-9-13)22-20(17)29-25-11)21(26)27-12(2)18-23-24-19(28-18)14-6-4-3-5-7-14/h3-7,10,12-13H,8-9H2,1-2H3/t12-/m1/s1. The number of rotatable bonds is 5. The molecular weight excluding hydrogens is 372 g/mol. The summed E-state index contributed by atoms with van der Waals surface area (Å²) in [6.45, 7) is 3.47. The van der Waals surface area contributed by atoms with Crippen molar-refractivity contribution in [2.45, 2.75) is 38.7 Å². The zero-order chi connectivity index (χ0) is 20.0. The summed E-state index contributed by atoms with van der Waals surface area (Å²) >= 11 is 0. The molecule has 1 saturated carbocycles. The zero-order valence-electron chi connectivity index (χ0n) is 16.0. The van der Waals surface area contributed by atoms with Crippen molar-refractivity contribution in [2.24, 2.45) is 0 Å². The van der Waals surface area contributed by atoms with Gasteiger partial charge in [-0.25, -0.2) is 9.78 Å². The van der Waals surface area contributed by atoms with Crippen molar-refractivity contribution in [1.82, 2.24) is 20.3 Å². The van der Waals surface area contributed by atoms with Crippen LogP contribution in [-0.2, 0) is 4.74 Å². The van der Waals surface area contributed by atoms with E-state index in [1.807, 2.05) is 30.3 Å². The molecule has 0 bridgehead atoms. The fourth-order valence-corrected chi connectivity index (χ4v) is 3.23. The van der Waals surface area contributed by atoms with Gasteiger partial charge in [-0.1, -0.05) is 23.4 Å². The van der Waals surface area contributed by atoms with E-state index >= 15 is 0 Å². The molecule has 0 unspecified atom stereocenters. The van der Waals surface area contributed by atoms with Crippen LogP contribution in [0.4, 0.5) is 0 Å². The van der Waals surface area contributed by atoms with E-state index in [2.05, 4.69) is 20.3 Å². The van der Waals surface area contributed by atoms with E-state index in [-0.39, 0.29) is 5.89 Å². The Kier molecular flexibility index (Phi) is 4.12. The lowest BCUT2D eigenvalue weighted by Gasteiger charge is -2.11. The average molecular weight is 390 g/mol. The summed E-state index contributed by atoms with van der Waals surface area (Å²) in [7, 11) is 0. The van der Waals surface area contributed by atoms with Crippen LogP contribution in [0.1, 0.15) is 59.4 Å². The first-order valence-corrected chi connectivity index (χ1v) is 9.47. The molecule has 0 saturated heterocycles. The maximum Gasteiger partial charge on any atom is 0.339 e. The number of esters is 1. The van der Waals surface area contributed by atoms with E-state index in [9.17, 15) is 4.79 Å². The van der Waals surface area contributed by atoms with Crippen LogP contribution in [0, 0.1) is 6.92 Å². The van der Waals surface area contributed by atoms with Gasteiger partial charge in [-0.05, 0) is 44.9 Å². The first-order valence-electron chi connectivity index (χ1n) is 9.47. The molecule has 1 aliphatic rings. The first kappa shape index (κ1) is 17.5. The fraction of sp³-hybridized carbons (Fsp3) is 0.286. The van der Waals surface area contributed by atoms with Gasteiger partial charge in [-0.15, -0.1) is 10.2 Å². The van der Waals surface area contributed by atoms with Gasteiger partial charge in [0.05, 0.1) is 16.6 Å². The second kappa shape index (κ2) is 6.80. The molecule has 0 spiro atoms. The SMILES string of the molecule is Cc1noc2nc(C3CC3)cc(C(=O)O[C@H](C)c3nnc(-c4ccccc4)o3)c12. The number of hydrogen-bond acceptors (Lipinski definition) is 8. The lowest BCUT2D eigenvalue weighted by molar-refractivity contribution is 0.0282. The molecule has 8 nitrogen and oxygen atoms in total. The molecule has 3 heterocycles. The van der Waals surface area contributed by atoms with Crippen molar-refractivity contribution in [1.29, 1.82) is 0 Å². The van der Waals surface area contributed by atoms with E-state index in [0.29, 0.717) is 34.2 Å². The largest absolute Gasteiger partial charge is 0.449 e. The molecule has 0 aliphatic heterocycles. The maximum atomic E-state index is 13.0. The smallest absolute Gasteiger partial charge is 0.339 e. The van der Waals surface area contributed by atoms with Crippen LogP contribution in [0.3, 0.4) is 0 Å². The number of aryl methyl sites for hydroxylation is 1. The molecule has 4 aromatic rings. The van der Waals surface area contributed by atoms with Crippen LogP contribution in [0.25, 0.3) is 22.6 Å². The highest BCUT2D eigenvalue weighted by Crippen LogP contribution is 2.40. The molecule has 0 N–H and O–H groups in total. The Morgan fingerprint density at radius 3 is 2.76 bits per heavy atom. The van der Waals surface area contributed by atoms with Crippen molar-refractivity contribution in [3.05, 3.63) is 59.2 Å². The van der Waals surface area contributed by atoms with Gasteiger partial charge < -0.3 is 13.7 Å². The van der Waals surface area contributed by atoms with Gasteiger partial charge in [0.15, 0.2) is 6.10 Å². The molecule has 1 fully saturated rings. The molecule has 29 heavy (non-hydrogen) atoms. The van der Waals surface area contributed by atoms with Gasteiger partial charge in [0, 0.05) is 17.2 Å². The number of fused-ring (bicyclic) bond motifs is 1. The van der Waals surface area contributed by atoms with Gasteiger partial charge in [0.25, 0.3) is 11.6 Å². The van der Waals surface area contributed by atoms with Gasteiger partial charge in [0.1, 0.15) is 0 Å². The molecule has 1 atom stereocenters. The Morgan fingerprint density at radius 1 is 1.21 bits per heavy atom. The minimum Gasteiger partial charge on any atom is -0.449 e. The summed E-state index contributed by atoms with van der Waals surface area (Å²) in [5.41, 5.74) is 2.98. The van der Waals surface area contributed by atoms with Crippen LogP contribution in [0.15, 0.2) is 45.3 Å². The second-order valence-corrected chi connectivity index (χ2v) is 7.18. The number of pyridine rings is 1. The van der Waals surface area contributed by atoms with Gasteiger partial charge in [-0.3, -0.25) is 0 Å². The number of carbonyl (C=O) groups excluding carboxylic acids is 1. The van der Waals surface area contributed by atoms with Crippen molar-refractivity contribution >= 4 is 17.1 Å². The predicted octanol–water partition coefficient (Wildman–Crippen LogP) is 4.38. The quantitative estimate of drug-likeness (QED) is 0.463. The minimum absolute atomic E-state index is 0.229. The predicted molar refractivity (Wildman–Crippen MR) is 102 cm³/mol. The topological polar surface area (TPSA) is 104 Å². The van der Waals surface area contributed by atoms with E-state index < -0.39 is 12.1 Å². The normalized spacial score (nSPS) is 14.8. The summed E-state index contributed by atoms with van der Waals surface area (Å²) in [5.74, 6) is 0.461. The molecule has 3 aromatic heterocycles. The lowest BCUT2D eigenvalue weighted by Crippen LogP contribution is -2.11. The minimum atomic E-state index is -0.708. The highest BCUT2D eigenvalue weighted by Gasteiger charge is 2.30. The Balaban J connectivity index is 1.42. The summed E-state index contributed by atoms with van der Waals surface area (Å²) < 4.78 is 16.6. The number of nitrogens with zero attached hydrogens (tertiary/aromatic N) is 4. The van der Waals surface area contributed by atoms with Crippen molar-refractivity contribution < 1.29 is 18.5 Å². The third kappa shape index (κ3) is 3.26. The summed E-state index contributed by atoms with van der Waals surface area (Å²) in [5, 5.41) is 12.6. The molecular formula is C21H18N4O4. The number of carbonyl (C=O) groups is 1. The maximum absolute atomic E-state index is 13.0. The van der Waals surface area contributed by atoms with Crippen molar-refractivity contribution in [3.8, 4) is 11.5 Å². The van der Waals surface area contributed by atoms with Crippen molar-refractivity contribution in [3.63, 3.8) is 0 Å². The third-order valence-corrected chi connectivity index (χ3v) is 4.95. The Hall–Kier alpha value is -3.55. The second-order valence-electron chi connectivity index (χ2n) is 7.18. The molecule has 0 radical (unpaired) electrons. The van der Waals surface area contributed by atoms with Gasteiger partial charge in [-0.2, -0.15) is 0 Å². The van der Waals surface area contributed by atoms with Gasteiger partial charge >= 0.3 is 5.97 Å². The highest BCUT2D eigenvalue weighted by atomic mass is 16.6. The zero-order valence-corrected chi connectivity index (χ0v) is 16.0. The van der Waals surface area contributed by atoms with Crippen LogP contribution in [0.5, 0.6) is 0 Å². The van der Waals surface area contributed by atoms with E-state index in [1.165, 1.54) is 0 Å². The Labute approximate surface area is 165 Å². The Bertz CT molecular complexity index is 1190. The summed E-state index contributed by atoms with van der Waals surface area (Å²) in [4.78, 5) is 17.5. The number of benzene rings is 1.